The lowest BCUT2D eigenvalue weighted by molar-refractivity contribution is -0.140. The van der Waals surface area contributed by atoms with E-state index in [1.54, 1.807) is 11.0 Å². The Kier molecular flexibility index (Phi) is 8.55. The molecule has 1 aromatic carbocycles. The van der Waals surface area contributed by atoms with E-state index in [1.807, 2.05) is 6.07 Å². The van der Waals surface area contributed by atoms with E-state index in [1.165, 1.54) is 18.2 Å². The number of ether oxygens (including phenoxy) is 1. The van der Waals surface area contributed by atoms with Crippen LogP contribution in [0.5, 0.6) is 0 Å². The van der Waals surface area contributed by atoms with Crippen LogP contribution in [0.2, 0.25) is 0 Å². The third kappa shape index (κ3) is 6.82. The quantitative estimate of drug-likeness (QED) is 0.375. The number of carbonyl (C=O) groups is 2. The Morgan fingerprint density at radius 3 is 2.67 bits per heavy atom. The fourth-order valence-electron chi connectivity index (χ4n) is 2.46. The number of methoxy groups -OCH3 is 1. The Hall–Kier alpha value is -2.36. The average Bonchev–Trinajstić information content (AvgIpc) is 2.58. The van der Waals surface area contributed by atoms with E-state index in [2.05, 4.69) is 43.0 Å². The van der Waals surface area contributed by atoms with E-state index in [9.17, 15) is 9.59 Å². The van der Waals surface area contributed by atoms with Gasteiger partial charge in [-0.1, -0.05) is 42.5 Å². The van der Waals surface area contributed by atoms with Crippen molar-refractivity contribution < 1.29 is 14.3 Å². The Balaban J connectivity index is 2.52. The van der Waals surface area contributed by atoms with Gasteiger partial charge in [0, 0.05) is 25.1 Å². The first-order chi connectivity index (χ1) is 11.5. The summed E-state index contributed by atoms with van der Waals surface area (Å²) in [4.78, 5) is 25.4. The number of aryl methyl sites for hydroxylation is 2. The van der Waals surface area contributed by atoms with Crippen LogP contribution >= 0.6 is 0 Å². The second-order valence-corrected chi connectivity index (χ2v) is 5.81. The molecule has 0 N–H and O–H groups in total. The van der Waals surface area contributed by atoms with Crippen LogP contribution in [0.3, 0.4) is 0 Å². The molecule has 4 heteroatoms. The molecule has 1 aromatic rings. The minimum atomic E-state index is -0.335. The Bertz CT molecular complexity index is 592. The smallest absolute Gasteiger partial charge is 0.305 e. The van der Waals surface area contributed by atoms with Crippen LogP contribution in [-0.2, 0) is 20.7 Å². The largest absolute Gasteiger partial charge is 0.469 e. The summed E-state index contributed by atoms with van der Waals surface area (Å²) in [5.74, 6) is -0.457. The number of hydrogen-bond acceptors (Lipinski definition) is 3. The molecule has 0 bridgehead atoms. The van der Waals surface area contributed by atoms with Crippen molar-refractivity contribution in [2.24, 2.45) is 0 Å². The monoisotopic (exact) mass is 329 g/mol. The van der Waals surface area contributed by atoms with Gasteiger partial charge in [0.2, 0.25) is 5.91 Å². The van der Waals surface area contributed by atoms with Gasteiger partial charge in [-0.05, 0) is 31.7 Å². The molecular formula is C20H27NO3. The van der Waals surface area contributed by atoms with Gasteiger partial charge in [-0.15, -0.1) is 6.58 Å². The minimum absolute atomic E-state index is 0.122. The summed E-state index contributed by atoms with van der Waals surface area (Å²) >= 11 is 0. The second-order valence-electron chi connectivity index (χ2n) is 5.81. The van der Waals surface area contributed by atoms with Crippen LogP contribution in [0, 0.1) is 6.92 Å². The van der Waals surface area contributed by atoms with E-state index in [0.29, 0.717) is 25.1 Å². The lowest BCUT2D eigenvalue weighted by Crippen LogP contribution is -2.33. The van der Waals surface area contributed by atoms with Crippen LogP contribution in [0.15, 0.2) is 49.1 Å². The Morgan fingerprint density at radius 1 is 1.29 bits per heavy atom. The molecule has 0 spiro atoms. The first-order valence-corrected chi connectivity index (χ1v) is 8.18. The lowest BCUT2D eigenvalue weighted by Gasteiger charge is -2.22. The van der Waals surface area contributed by atoms with Crippen molar-refractivity contribution in [2.45, 2.75) is 32.6 Å². The van der Waals surface area contributed by atoms with E-state index < -0.39 is 0 Å². The van der Waals surface area contributed by atoms with Gasteiger partial charge >= 0.3 is 5.97 Å². The number of amides is 1. The molecule has 0 radical (unpaired) electrons. The van der Waals surface area contributed by atoms with Gasteiger partial charge in [-0.25, -0.2) is 0 Å². The zero-order valence-corrected chi connectivity index (χ0v) is 14.7. The van der Waals surface area contributed by atoms with Gasteiger partial charge in [-0.3, -0.25) is 9.59 Å². The zero-order valence-electron chi connectivity index (χ0n) is 14.7. The molecule has 0 aliphatic carbocycles. The molecule has 24 heavy (non-hydrogen) atoms. The number of carbonyl (C=O) groups excluding carboxylic acids is 2. The topological polar surface area (TPSA) is 46.6 Å². The first kappa shape index (κ1) is 19.7. The fourth-order valence-corrected chi connectivity index (χ4v) is 2.46. The molecule has 1 rings (SSSR count). The highest BCUT2D eigenvalue weighted by Gasteiger charge is 2.16. The molecule has 0 aliphatic rings. The van der Waals surface area contributed by atoms with Crippen molar-refractivity contribution in [1.82, 2.24) is 4.90 Å². The molecule has 0 saturated carbocycles. The number of nitrogens with zero attached hydrogens (tertiary/aromatic N) is 1. The Labute approximate surface area is 144 Å². The van der Waals surface area contributed by atoms with Crippen molar-refractivity contribution in [3.8, 4) is 0 Å². The van der Waals surface area contributed by atoms with Gasteiger partial charge in [0.15, 0.2) is 0 Å². The SMILES string of the molecule is C=CCN(CCCc1cccc(C)c1)C(=O)C(=C)CCC(=O)OC. The summed E-state index contributed by atoms with van der Waals surface area (Å²) in [5, 5.41) is 0. The summed E-state index contributed by atoms with van der Waals surface area (Å²) in [6.07, 6.45) is 3.98. The molecule has 0 aliphatic heterocycles. The highest BCUT2D eigenvalue weighted by Crippen LogP contribution is 2.11. The third-order valence-electron chi connectivity index (χ3n) is 3.77. The maximum absolute atomic E-state index is 12.5. The van der Waals surface area contributed by atoms with E-state index >= 15 is 0 Å². The van der Waals surface area contributed by atoms with Crippen LogP contribution < -0.4 is 0 Å². The molecule has 0 aromatic heterocycles. The van der Waals surface area contributed by atoms with E-state index in [-0.39, 0.29) is 18.3 Å². The molecule has 0 saturated heterocycles. The summed E-state index contributed by atoms with van der Waals surface area (Å²) in [7, 11) is 1.34. The highest BCUT2D eigenvalue weighted by atomic mass is 16.5. The minimum Gasteiger partial charge on any atom is -0.469 e. The number of benzene rings is 1. The van der Waals surface area contributed by atoms with Crippen LogP contribution in [0.1, 0.15) is 30.4 Å². The summed E-state index contributed by atoms with van der Waals surface area (Å²) in [6.45, 7) is 10.7. The standard InChI is InChI=1S/C20H27NO3/c1-5-13-21(20(23)17(3)11-12-19(22)24-4)14-7-10-18-9-6-8-16(2)15-18/h5-6,8-9,15H,1,3,7,10-14H2,2,4H3. The molecule has 0 unspecified atom stereocenters. The van der Waals surface area contributed by atoms with Crippen molar-refractivity contribution in [1.29, 1.82) is 0 Å². The predicted molar refractivity (Wildman–Crippen MR) is 96.7 cm³/mol. The van der Waals surface area contributed by atoms with Crippen molar-refractivity contribution in [3.05, 3.63) is 60.2 Å². The van der Waals surface area contributed by atoms with Crippen LogP contribution in [0.4, 0.5) is 0 Å². The number of hydrogen-bond donors (Lipinski definition) is 0. The fraction of sp³-hybridized carbons (Fsp3) is 0.400. The molecule has 0 atom stereocenters. The third-order valence-corrected chi connectivity index (χ3v) is 3.77. The van der Waals surface area contributed by atoms with Crippen LogP contribution in [-0.4, -0.2) is 37.0 Å². The molecule has 130 valence electrons. The molecule has 1 amide bonds. The molecule has 0 heterocycles. The van der Waals surface area contributed by atoms with Crippen LogP contribution in [0.25, 0.3) is 0 Å². The van der Waals surface area contributed by atoms with Gasteiger partial charge in [0.05, 0.1) is 7.11 Å². The van der Waals surface area contributed by atoms with Gasteiger partial charge in [-0.2, -0.15) is 0 Å². The number of rotatable bonds is 10. The van der Waals surface area contributed by atoms with Crippen molar-refractivity contribution in [3.63, 3.8) is 0 Å². The van der Waals surface area contributed by atoms with E-state index in [4.69, 9.17) is 0 Å². The zero-order chi connectivity index (χ0) is 17.9. The molecule has 0 fully saturated rings. The summed E-state index contributed by atoms with van der Waals surface area (Å²) in [6, 6.07) is 8.38. The average molecular weight is 329 g/mol. The van der Waals surface area contributed by atoms with E-state index in [0.717, 1.165) is 12.8 Å². The van der Waals surface area contributed by atoms with Crippen molar-refractivity contribution in [2.75, 3.05) is 20.2 Å². The maximum Gasteiger partial charge on any atom is 0.305 e. The van der Waals surface area contributed by atoms with Gasteiger partial charge in [0.1, 0.15) is 0 Å². The first-order valence-electron chi connectivity index (χ1n) is 8.18. The molecular weight excluding hydrogens is 302 g/mol. The van der Waals surface area contributed by atoms with Gasteiger partial charge in [0.25, 0.3) is 0 Å². The highest BCUT2D eigenvalue weighted by molar-refractivity contribution is 5.93. The van der Waals surface area contributed by atoms with Crippen molar-refractivity contribution >= 4 is 11.9 Å². The predicted octanol–water partition coefficient (Wildman–Crippen LogP) is 3.45. The van der Waals surface area contributed by atoms with Gasteiger partial charge < -0.3 is 9.64 Å². The second kappa shape index (κ2) is 10.4. The normalized spacial score (nSPS) is 10.1. The summed E-state index contributed by atoms with van der Waals surface area (Å²) < 4.78 is 4.59. The maximum atomic E-state index is 12.5. The Morgan fingerprint density at radius 2 is 2.04 bits per heavy atom. The molecule has 4 nitrogen and oxygen atoms in total. The lowest BCUT2D eigenvalue weighted by atomic mass is 10.1. The number of esters is 1. The summed E-state index contributed by atoms with van der Waals surface area (Å²) in [5.41, 5.74) is 2.94.